The summed E-state index contributed by atoms with van der Waals surface area (Å²) in [6.07, 6.45) is 0. The molecule has 1 N–H and O–H groups in total. The Hall–Kier alpha value is -2.97. The van der Waals surface area contributed by atoms with E-state index in [1.807, 2.05) is 24.3 Å². The molecule has 30 heavy (non-hydrogen) atoms. The Labute approximate surface area is 184 Å². The normalized spacial score (nSPS) is 11.8. The number of carbonyl (C=O) groups is 1. The van der Waals surface area contributed by atoms with Gasteiger partial charge in [-0.25, -0.2) is 13.8 Å². The van der Waals surface area contributed by atoms with E-state index in [0.29, 0.717) is 17.0 Å². The molecule has 3 rings (SSSR count). The van der Waals surface area contributed by atoms with Gasteiger partial charge in [-0.05, 0) is 61.0 Å². The number of nitrogens with zero attached hydrogens (tertiary/aromatic N) is 2. The summed E-state index contributed by atoms with van der Waals surface area (Å²) in [7, 11) is -2.20. The highest BCUT2D eigenvalue weighted by atomic mass is 79.9. The van der Waals surface area contributed by atoms with Gasteiger partial charge in [0.25, 0.3) is 15.9 Å². The fraction of sp³-hybridized carbons (Fsp3) is 0.0909. The smallest absolute Gasteiger partial charge is 0.269 e. The lowest BCUT2D eigenvalue weighted by Crippen LogP contribution is -2.26. The summed E-state index contributed by atoms with van der Waals surface area (Å²) in [5, 5.41) is 4.13. The monoisotopic (exact) mass is 485 g/mol. The molecular formula is C22H20BrN3O3S. The van der Waals surface area contributed by atoms with Gasteiger partial charge in [-0.1, -0.05) is 46.3 Å². The SMILES string of the molecule is C/C(=N/NC(=O)c1ccc(N(C)S(=O)(=O)c2ccccc2)cc1)c1ccc(Br)cc1. The number of benzene rings is 3. The van der Waals surface area contributed by atoms with Crippen molar-refractivity contribution in [2.24, 2.45) is 5.10 Å². The van der Waals surface area contributed by atoms with E-state index in [2.05, 4.69) is 26.5 Å². The fourth-order valence-electron chi connectivity index (χ4n) is 2.67. The second-order valence-electron chi connectivity index (χ2n) is 6.48. The van der Waals surface area contributed by atoms with Gasteiger partial charge in [-0.3, -0.25) is 9.10 Å². The van der Waals surface area contributed by atoms with Gasteiger partial charge in [0.15, 0.2) is 0 Å². The fourth-order valence-corrected chi connectivity index (χ4v) is 4.15. The molecule has 0 saturated carbocycles. The number of hydrogen-bond acceptors (Lipinski definition) is 4. The van der Waals surface area contributed by atoms with Crippen molar-refractivity contribution in [1.82, 2.24) is 5.43 Å². The summed E-state index contributed by atoms with van der Waals surface area (Å²) < 4.78 is 27.6. The molecule has 1 amide bonds. The topological polar surface area (TPSA) is 78.8 Å². The van der Waals surface area contributed by atoms with Crippen LogP contribution in [0.3, 0.4) is 0 Å². The third kappa shape index (κ3) is 4.95. The van der Waals surface area contributed by atoms with E-state index in [-0.39, 0.29) is 10.8 Å². The number of hydrazone groups is 1. The largest absolute Gasteiger partial charge is 0.271 e. The number of carbonyl (C=O) groups excluding carboxylic acids is 1. The molecule has 0 aliphatic heterocycles. The van der Waals surface area contributed by atoms with Crippen molar-refractivity contribution in [1.29, 1.82) is 0 Å². The van der Waals surface area contributed by atoms with Crippen LogP contribution in [0.2, 0.25) is 0 Å². The molecule has 0 aliphatic rings. The predicted octanol–water partition coefficient (Wildman–Crippen LogP) is 4.43. The summed E-state index contributed by atoms with van der Waals surface area (Å²) in [6.45, 7) is 1.80. The molecule has 0 bridgehead atoms. The lowest BCUT2D eigenvalue weighted by Gasteiger charge is -2.19. The molecule has 0 spiro atoms. The van der Waals surface area contributed by atoms with Crippen LogP contribution < -0.4 is 9.73 Å². The quantitative estimate of drug-likeness (QED) is 0.414. The number of sulfonamides is 1. The molecular weight excluding hydrogens is 466 g/mol. The first-order valence-corrected chi connectivity index (χ1v) is 11.3. The first kappa shape index (κ1) is 21.7. The van der Waals surface area contributed by atoms with E-state index >= 15 is 0 Å². The molecule has 6 nitrogen and oxygen atoms in total. The van der Waals surface area contributed by atoms with Crippen molar-refractivity contribution in [3.05, 3.63) is 94.5 Å². The second-order valence-corrected chi connectivity index (χ2v) is 9.36. The minimum atomic E-state index is -3.67. The van der Waals surface area contributed by atoms with Crippen molar-refractivity contribution >= 4 is 43.3 Å². The highest BCUT2D eigenvalue weighted by molar-refractivity contribution is 9.10. The maximum absolute atomic E-state index is 12.7. The molecule has 0 saturated heterocycles. The highest BCUT2D eigenvalue weighted by Gasteiger charge is 2.21. The minimum absolute atomic E-state index is 0.201. The van der Waals surface area contributed by atoms with Crippen LogP contribution >= 0.6 is 15.9 Å². The molecule has 0 radical (unpaired) electrons. The standard InChI is InChI=1S/C22H20BrN3O3S/c1-16(17-8-12-19(23)13-9-17)24-25-22(27)18-10-14-20(15-11-18)26(2)30(28,29)21-6-4-3-5-7-21/h3-15H,1-2H3,(H,25,27)/b24-16-. The number of halogens is 1. The molecule has 0 atom stereocenters. The van der Waals surface area contributed by atoms with Gasteiger partial charge in [-0.15, -0.1) is 0 Å². The van der Waals surface area contributed by atoms with Gasteiger partial charge in [0, 0.05) is 17.1 Å². The van der Waals surface area contributed by atoms with Crippen LogP contribution in [0.15, 0.2) is 93.3 Å². The van der Waals surface area contributed by atoms with Crippen LogP contribution in [0.5, 0.6) is 0 Å². The van der Waals surface area contributed by atoms with Crippen LogP contribution in [0.4, 0.5) is 5.69 Å². The Morgan fingerprint density at radius 2 is 1.47 bits per heavy atom. The zero-order valence-electron chi connectivity index (χ0n) is 16.4. The van der Waals surface area contributed by atoms with Crippen LogP contribution in [-0.2, 0) is 10.0 Å². The first-order valence-electron chi connectivity index (χ1n) is 9.03. The zero-order chi connectivity index (χ0) is 21.7. The van der Waals surface area contributed by atoms with Crippen LogP contribution in [0.25, 0.3) is 0 Å². The van der Waals surface area contributed by atoms with Crippen molar-refractivity contribution in [2.75, 3.05) is 11.4 Å². The average molecular weight is 486 g/mol. The molecule has 0 aromatic heterocycles. The predicted molar refractivity (Wildman–Crippen MR) is 122 cm³/mol. The lowest BCUT2D eigenvalue weighted by atomic mass is 10.1. The number of amides is 1. The van der Waals surface area contributed by atoms with Gasteiger partial charge in [0.05, 0.1) is 16.3 Å². The Bertz CT molecular complexity index is 1160. The second kappa shape index (κ2) is 9.23. The third-order valence-electron chi connectivity index (χ3n) is 4.48. The Balaban J connectivity index is 1.71. The average Bonchev–Trinajstić information content (AvgIpc) is 2.78. The van der Waals surface area contributed by atoms with Gasteiger partial charge in [0.2, 0.25) is 0 Å². The first-order chi connectivity index (χ1) is 14.3. The number of anilines is 1. The van der Waals surface area contributed by atoms with Crippen LogP contribution in [0.1, 0.15) is 22.8 Å². The summed E-state index contributed by atoms with van der Waals surface area (Å²) in [6, 6.07) is 22.1. The van der Waals surface area contributed by atoms with E-state index < -0.39 is 10.0 Å². The molecule has 0 aliphatic carbocycles. The summed E-state index contributed by atoms with van der Waals surface area (Å²) in [5.74, 6) is -0.383. The van der Waals surface area contributed by atoms with Gasteiger partial charge < -0.3 is 0 Å². The van der Waals surface area contributed by atoms with Crippen molar-refractivity contribution in [3.63, 3.8) is 0 Å². The molecule has 8 heteroatoms. The lowest BCUT2D eigenvalue weighted by molar-refractivity contribution is 0.0955. The number of nitrogens with one attached hydrogen (secondary N) is 1. The van der Waals surface area contributed by atoms with Crippen molar-refractivity contribution in [3.8, 4) is 0 Å². The van der Waals surface area contributed by atoms with E-state index in [9.17, 15) is 13.2 Å². The van der Waals surface area contributed by atoms with Gasteiger partial charge >= 0.3 is 0 Å². The third-order valence-corrected chi connectivity index (χ3v) is 6.81. The van der Waals surface area contributed by atoms with Gasteiger partial charge in [-0.2, -0.15) is 5.10 Å². The Kier molecular flexibility index (Phi) is 6.69. The highest BCUT2D eigenvalue weighted by Crippen LogP contribution is 2.22. The van der Waals surface area contributed by atoms with E-state index in [4.69, 9.17) is 0 Å². The molecule has 0 unspecified atom stereocenters. The van der Waals surface area contributed by atoms with E-state index in [1.165, 1.54) is 11.4 Å². The van der Waals surface area contributed by atoms with Gasteiger partial charge in [0.1, 0.15) is 0 Å². The van der Waals surface area contributed by atoms with E-state index in [0.717, 1.165) is 10.0 Å². The van der Waals surface area contributed by atoms with E-state index in [1.54, 1.807) is 61.5 Å². The molecule has 3 aromatic carbocycles. The molecule has 0 fully saturated rings. The zero-order valence-corrected chi connectivity index (χ0v) is 18.8. The number of rotatable bonds is 6. The molecule has 0 heterocycles. The molecule has 3 aromatic rings. The summed E-state index contributed by atoms with van der Waals surface area (Å²) in [4.78, 5) is 12.6. The Morgan fingerprint density at radius 3 is 2.07 bits per heavy atom. The van der Waals surface area contributed by atoms with Crippen molar-refractivity contribution < 1.29 is 13.2 Å². The Morgan fingerprint density at radius 1 is 0.900 bits per heavy atom. The number of hydrogen-bond donors (Lipinski definition) is 1. The summed E-state index contributed by atoms with van der Waals surface area (Å²) in [5.41, 5.74) is 4.90. The molecule has 154 valence electrons. The summed E-state index contributed by atoms with van der Waals surface area (Å²) >= 11 is 3.38. The minimum Gasteiger partial charge on any atom is -0.269 e. The maximum atomic E-state index is 12.7. The van der Waals surface area contributed by atoms with Crippen LogP contribution in [0, 0.1) is 0 Å². The van der Waals surface area contributed by atoms with Crippen molar-refractivity contribution in [2.45, 2.75) is 11.8 Å². The van der Waals surface area contributed by atoms with Crippen LogP contribution in [-0.4, -0.2) is 27.1 Å². The maximum Gasteiger partial charge on any atom is 0.271 e.